The van der Waals surface area contributed by atoms with E-state index in [9.17, 15) is 5.11 Å². The lowest BCUT2D eigenvalue weighted by atomic mass is 10.1. The second kappa shape index (κ2) is 10.0. The summed E-state index contributed by atoms with van der Waals surface area (Å²) in [5, 5.41) is 13.5. The number of benzene rings is 2. The van der Waals surface area contributed by atoms with E-state index in [4.69, 9.17) is 4.74 Å². The van der Waals surface area contributed by atoms with Crippen LogP contribution >= 0.6 is 0 Å². The third-order valence-corrected chi connectivity index (χ3v) is 5.01. The Hall–Kier alpha value is -2.89. The van der Waals surface area contributed by atoms with Gasteiger partial charge < -0.3 is 25.0 Å². The molecule has 0 aliphatic carbocycles. The van der Waals surface area contributed by atoms with Crippen LogP contribution in [0.15, 0.2) is 53.5 Å². The van der Waals surface area contributed by atoms with Gasteiger partial charge in [-0.2, -0.15) is 0 Å². The zero-order valence-electron chi connectivity index (χ0n) is 17.6. The summed E-state index contributed by atoms with van der Waals surface area (Å²) >= 11 is 0. The topological polar surface area (TPSA) is 60.3 Å². The van der Waals surface area contributed by atoms with E-state index in [2.05, 4.69) is 32.2 Å². The molecule has 156 valence electrons. The van der Waals surface area contributed by atoms with E-state index in [0.717, 1.165) is 56.5 Å². The van der Waals surface area contributed by atoms with Crippen molar-refractivity contribution in [3.63, 3.8) is 0 Å². The molecule has 0 bridgehead atoms. The molecule has 2 N–H and O–H groups in total. The van der Waals surface area contributed by atoms with Gasteiger partial charge >= 0.3 is 0 Å². The molecule has 0 saturated carbocycles. The predicted molar refractivity (Wildman–Crippen MR) is 119 cm³/mol. The summed E-state index contributed by atoms with van der Waals surface area (Å²) in [5.41, 5.74) is 2.17. The first-order valence-electron chi connectivity index (χ1n) is 10.3. The van der Waals surface area contributed by atoms with Crippen molar-refractivity contribution in [3.05, 3.63) is 54.1 Å². The fourth-order valence-corrected chi connectivity index (χ4v) is 3.55. The fraction of sp³-hybridized carbons (Fsp3) is 0.435. The third kappa shape index (κ3) is 5.79. The van der Waals surface area contributed by atoms with Crippen molar-refractivity contribution in [2.24, 2.45) is 4.99 Å². The summed E-state index contributed by atoms with van der Waals surface area (Å²) in [5.74, 6) is 2.19. The molecule has 2 aromatic rings. The SMILES string of the molecule is CN=C(NCCc1ccc(OC(C)C)cc1)N1CCN(c2ccccc2O)CC1. The largest absolute Gasteiger partial charge is 0.506 e. The number of anilines is 1. The molecule has 3 rings (SSSR count). The lowest BCUT2D eigenvalue weighted by molar-refractivity contribution is 0.242. The highest BCUT2D eigenvalue weighted by molar-refractivity contribution is 5.80. The molecule has 2 aromatic carbocycles. The first kappa shape index (κ1) is 20.8. The number of guanidine groups is 1. The molecule has 29 heavy (non-hydrogen) atoms. The van der Waals surface area contributed by atoms with Crippen LogP contribution < -0.4 is 15.0 Å². The number of ether oxygens (including phenoxy) is 1. The van der Waals surface area contributed by atoms with E-state index in [1.54, 1.807) is 6.07 Å². The fourth-order valence-electron chi connectivity index (χ4n) is 3.55. The third-order valence-electron chi connectivity index (χ3n) is 5.01. The van der Waals surface area contributed by atoms with Crippen molar-refractivity contribution in [3.8, 4) is 11.5 Å². The average molecular weight is 397 g/mol. The Morgan fingerprint density at radius 3 is 2.38 bits per heavy atom. The van der Waals surface area contributed by atoms with Crippen LogP contribution in [-0.2, 0) is 6.42 Å². The molecular weight excluding hydrogens is 364 g/mol. The van der Waals surface area contributed by atoms with Gasteiger partial charge in [-0.1, -0.05) is 24.3 Å². The smallest absolute Gasteiger partial charge is 0.193 e. The summed E-state index contributed by atoms with van der Waals surface area (Å²) < 4.78 is 5.70. The number of hydrogen-bond donors (Lipinski definition) is 2. The molecule has 6 nitrogen and oxygen atoms in total. The highest BCUT2D eigenvalue weighted by atomic mass is 16.5. The van der Waals surface area contributed by atoms with Crippen LogP contribution in [-0.4, -0.2) is 61.8 Å². The van der Waals surface area contributed by atoms with Gasteiger partial charge in [0.15, 0.2) is 5.96 Å². The van der Waals surface area contributed by atoms with Gasteiger partial charge in [0.2, 0.25) is 0 Å². The van der Waals surface area contributed by atoms with Gasteiger partial charge in [0.25, 0.3) is 0 Å². The van der Waals surface area contributed by atoms with Crippen LogP contribution in [0.25, 0.3) is 0 Å². The number of nitrogens with zero attached hydrogens (tertiary/aromatic N) is 3. The summed E-state index contributed by atoms with van der Waals surface area (Å²) in [7, 11) is 1.83. The standard InChI is InChI=1S/C23H32N4O2/c1-18(2)29-20-10-8-19(9-11-20)12-13-25-23(24-3)27-16-14-26(15-17-27)21-6-4-5-7-22(21)28/h4-11,18,28H,12-17H2,1-3H3,(H,24,25). The number of aromatic hydroxyl groups is 1. The van der Waals surface area contributed by atoms with Crippen molar-refractivity contribution in [1.82, 2.24) is 10.2 Å². The first-order chi connectivity index (χ1) is 14.1. The maximum Gasteiger partial charge on any atom is 0.193 e. The zero-order valence-corrected chi connectivity index (χ0v) is 17.6. The van der Waals surface area contributed by atoms with Crippen LogP contribution in [0.2, 0.25) is 0 Å². The second-order valence-corrected chi connectivity index (χ2v) is 7.50. The van der Waals surface area contributed by atoms with Gasteiger partial charge in [0.05, 0.1) is 11.8 Å². The predicted octanol–water partition coefficient (Wildman–Crippen LogP) is 3.12. The second-order valence-electron chi connectivity index (χ2n) is 7.50. The summed E-state index contributed by atoms with van der Waals surface area (Å²) in [6.07, 6.45) is 1.12. The number of piperazine rings is 1. The number of phenols is 1. The van der Waals surface area contributed by atoms with Gasteiger partial charge in [-0.25, -0.2) is 0 Å². The Labute approximate surface area is 173 Å². The molecule has 0 aromatic heterocycles. The maximum absolute atomic E-state index is 10.1. The molecule has 1 aliphatic rings. The molecule has 1 aliphatic heterocycles. The van der Waals surface area contributed by atoms with Gasteiger partial charge in [-0.3, -0.25) is 4.99 Å². The number of aliphatic imine (C=N–C) groups is 1. The highest BCUT2D eigenvalue weighted by Crippen LogP contribution is 2.27. The van der Waals surface area contributed by atoms with E-state index < -0.39 is 0 Å². The van der Waals surface area contributed by atoms with Gasteiger partial charge in [0, 0.05) is 39.8 Å². The Kier molecular flexibility index (Phi) is 7.22. The number of phenolic OH excluding ortho intramolecular Hbond substituents is 1. The number of para-hydroxylation sites is 2. The van der Waals surface area contributed by atoms with Crippen molar-refractivity contribution in [2.45, 2.75) is 26.4 Å². The summed E-state index contributed by atoms with van der Waals surface area (Å²) in [4.78, 5) is 8.94. The highest BCUT2D eigenvalue weighted by Gasteiger charge is 2.21. The van der Waals surface area contributed by atoms with E-state index >= 15 is 0 Å². The number of nitrogens with one attached hydrogen (secondary N) is 1. The molecule has 6 heteroatoms. The Bertz CT molecular complexity index is 797. The van der Waals surface area contributed by atoms with Crippen LogP contribution in [0, 0.1) is 0 Å². The Morgan fingerprint density at radius 1 is 1.07 bits per heavy atom. The summed E-state index contributed by atoms with van der Waals surface area (Å²) in [6.45, 7) is 8.35. The van der Waals surface area contributed by atoms with Crippen LogP contribution in [0.3, 0.4) is 0 Å². The van der Waals surface area contributed by atoms with E-state index in [1.165, 1.54) is 5.56 Å². The van der Waals surface area contributed by atoms with E-state index in [0.29, 0.717) is 5.75 Å². The minimum absolute atomic E-state index is 0.192. The van der Waals surface area contributed by atoms with Crippen molar-refractivity contribution < 1.29 is 9.84 Å². The molecule has 0 radical (unpaired) electrons. The maximum atomic E-state index is 10.1. The Balaban J connectivity index is 1.46. The minimum Gasteiger partial charge on any atom is -0.506 e. The normalized spacial score (nSPS) is 15.0. The molecular formula is C23H32N4O2. The number of hydrogen-bond acceptors (Lipinski definition) is 4. The van der Waals surface area contributed by atoms with Crippen LogP contribution in [0.5, 0.6) is 11.5 Å². The lowest BCUT2D eigenvalue weighted by Gasteiger charge is -2.37. The zero-order chi connectivity index (χ0) is 20.6. The molecule has 0 spiro atoms. The molecule has 0 unspecified atom stereocenters. The molecule has 0 atom stereocenters. The monoisotopic (exact) mass is 396 g/mol. The number of rotatable bonds is 6. The molecule has 1 fully saturated rings. The van der Waals surface area contributed by atoms with Gasteiger partial charge in [0.1, 0.15) is 11.5 Å². The van der Waals surface area contributed by atoms with E-state index in [1.807, 2.05) is 51.2 Å². The minimum atomic E-state index is 0.192. The van der Waals surface area contributed by atoms with Crippen LogP contribution in [0.1, 0.15) is 19.4 Å². The summed E-state index contributed by atoms with van der Waals surface area (Å²) in [6, 6.07) is 15.8. The quantitative estimate of drug-likeness (QED) is 0.580. The average Bonchev–Trinajstić information content (AvgIpc) is 2.73. The molecule has 1 saturated heterocycles. The van der Waals surface area contributed by atoms with Crippen molar-refractivity contribution in [1.29, 1.82) is 0 Å². The molecule has 1 heterocycles. The van der Waals surface area contributed by atoms with Crippen molar-refractivity contribution >= 4 is 11.6 Å². The Morgan fingerprint density at radius 2 is 1.76 bits per heavy atom. The molecule has 0 amide bonds. The van der Waals surface area contributed by atoms with E-state index in [-0.39, 0.29) is 6.10 Å². The van der Waals surface area contributed by atoms with Gasteiger partial charge in [-0.15, -0.1) is 0 Å². The van der Waals surface area contributed by atoms with Crippen molar-refractivity contribution in [2.75, 3.05) is 44.7 Å². The van der Waals surface area contributed by atoms with Crippen LogP contribution in [0.4, 0.5) is 5.69 Å². The first-order valence-corrected chi connectivity index (χ1v) is 10.3. The lowest BCUT2D eigenvalue weighted by Crippen LogP contribution is -2.52. The van der Waals surface area contributed by atoms with Gasteiger partial charge in [-0.05, 0) is 50.1 Å².